The number of sulfonamides is 1. The van der Waals surface area contributed by atoms with Crippen molar-refractivity contribution in [2.24, 2.45) is 0 Å². The summed E-state index contributed by atoms with van der Waals surface area (Å²) in [5.74, 6) is -0.402. The Morgan fingerprint density at radius 1 is 1.03 bits per heavy atom. The van der Waals surface area contributed by atoms with Crippen molar-refractivity contribution in [1.29, 1.82) is 0 Å². The predicted octanol–water partition coefficient (Wildman–Crippen LogP) is 5.43. The molecule has 0 radical (unpaired) electrons. The Hall–Kier alpha value is -3.49. The maximum Gasteiger partial charge on any atom is 0.264 e. The van der Waals surface area contributed by atoms with Crippen LogP contribution >= 0.6 is 11.3 Å². The average molecular weight is 490 g/mol. The van der Waals surface area contributed by atoms with Gasteiger partial charge in [-0.25, -0.2) is 13.4 Å². The van der Waals surface area contributed by atoms with Gasteiger partial charge in [-0.05, 0) is 55.7 Å². The molecule has 1 N–H and O–H groups in total. The van der Waals surface area contributed by atoms with Crippen LogP contribution in [0.2, 0.25) is 0 Å². The molecule has 0 atom stereocenters. The minimum absolute atomic E-state index is 0.0898. The molecular formula is C26H23N3O3S2. The second kappa shape index (κ2) is 8.70. The summed E-state index contributed by atoms with van der Waals surface area (Å²) in [5.41, 5.74) is 6.06. The Morgan fingerprint density at radius 3 is 2.68 bits per heavy atom. The lowest BCUT2D eigenvalue weighted by atomic mass is 10.0. The Kier molecular flexibility index (Phi) is 5.71. The average Bonchev–Trinajstić information content (AvgIpc) is 3.46. The van der Waals surface area contributed by atoms with E-state index in [4.69, 9.17) is 0 Å². The van der Waals surface area contributed by atoms with E-state index in [-0.39, 0.29) is 10.5 Å². The van der Waals surface area contributed by atoms with E-state index < -0.39 is 15.9 Å². The van der Waals surface area contributed by atoms with Crippen molar-refractivity contribution in [3.8, 4) is 11.3 Å². The highest BCUT2D eigenvalue weighted by molar-refractivity contribution is 7.92. The standard InChI is InChI=1S/C26H23N3O3S2/c1-17-10-11-22(18(2)14-17)23-16-33-26(27-23)28-25(30)20-7-5-8-21(15-20)34(31,32)29-13-12-19-6-3-4-9-24(19)29/h3-11,14-16H,12-13H2,1-2H3,(H,27,28,30). The van der Waals surface area contributed by atoms with Gasteiger partial charge in [0.2, 0.25) is 0 Å². The summed E-state index contributed by atoms with van der Waals surface area (Å²) in [6.07, 6.45) is 0.669. The van der Waals surface area contributed by atoms with Gasteiger partial charge in [0.05, 0.1) is 16.3 Å². The largest absolute Gasteiger partial charge is 0.298 e. The molecule has 1 amide bonds. The minimum atomic E-state index is -3.78. The third-order valence-electron chi connectivity index (χ3n) is 5.91. The van der Waals surface area contributed by atoms with Gasteiger partial charge in [0.25, 0.3) is 15.9 Å². The summed E-state index contributed by atoms with van der Waals surface area (Å²) in [5, 5.41) is 5.16. The normalized spacial score (nSPS) is 13.1. The molecule has 1 aliphatic heterocycles. The molecule has 172 valence electrons. The zero-order chi connectivity index (χ0) is 23.9. The number of amides is 1. The zero-order valence-corrected chi connectivity index (χ0v) is 20.4. The van der Waals surface area contributed by atoms with Crippen LogP contribution < -0.4 is 9.62 Å². The molecule has 0 bridgehead atoms. The number of fused-ring (bicyclic) bond motifs is 1. The molecule has 1 aliphatic rings. The van der Waals surface area contributed by atoms with Gasteiger partial charge >= 0.3 is 0 Å². The van der Waals surface area contributed by atoms with Crippen LogP contribution in [-0.4, -0.2) is 25.9 Å². The van der Waals surface area contributed by atoms with Crippen LogP contribution in [0.5, 0.6) is 0 Å². The first-order chi connectivity index (χ1) is 16.3. The summed E-state index contributed by atoms with van der Waals surface area (Å²) in [4.78, 5) is 17.6. The summed E-state index contributed by atoms with van der Waals surface area (Å²) in [7, 11) is -3.78. The van der Waals surface area contributed by atoms with Gasteiger partial charge < -0.3 is 0 Å². The number of carbonyl (C=O) groups excluding carboxylic acids is 1. The van der Waals surface area contributed by atoms with Gasteiger partial charge in [-0.3, -0.25) is 14.4 Å². The number of nitrogens with one attached hydrogen (secondary N) is 1. The Balaban J connectivity index is 1.37. The Bertz CT molecular complexity index is 1510. The van der Waals surface area contributed by atoms with Crippen molar-refractivity contribution in [3.05, 3.63) is 94.4 Å². The fraction of sp³-hybridized carbons (Fsp3) is 0.154. The second-order valence-electron chi connectivity index (χ2n) is 8.29. The summed E-state index contributed by atoms with van der Waals surface area (Å²) in [6, 6.07) is 19.8. The number of benzene rings is 3. The molecule has 1 aromatic heterocycles. The van der Waals surface area contributed by atoms with Crippen LogP contribution in [0.3, 0.4) is 0 Å². The minimum Gasteiger partial charge on any atom is -0.298 e. The first kappa shape index (κ1) is 22.3. The Labute approximate surface area is 203 Å². The van der Waals surface area contributed by atoms with Gasteiger partial charge in [0, 0.05) is 23.1 Å². The molecule has 0 saturated carbocycles. The van der Waals surface area contributed by atoms with Crippen molar-refractivity contribution in [2.45, 2.75) is 25.2 Å². The van der Waals surface area contributed by atoms with E-state index in [1.54, 1.807) is 12.1 Å². The topological polar surface area (TPSA) is 79.4 Å². The summed E-state index contributed by atoms with van der Waals surface area (Å²) in [6.45, 7) is 4.46. The zero-order valence-electron chi connectivity index (χ0n) is 18.8. The molecule has 2 heterocycles. The number of nitrogens with zero attached hydrogens (tertiary/aromatic N) is 2. The van der Waals surface area contributed by atoms with Gasteiger partial charge in [0.15, 0.2) is 5.13 Å². The molecule has 0 fully saturated rings. The highest BCUT2D eigenvalue weighted by Gasteiger charge is 2.31. The van der Waals surface area contributed by atoms with Gasteiger partial charge in [-0.15, -0.1) is 11.3 Å². The van der Waals surface area contributed by atoms with Gasteiger partial charge in [-0.2, -0.15) is 0 Å². The number of para-hydroxylation sites is 1. The van der Waals surface area contributed by atoms with Crippen LogP contribution in [0.15, 0.2) is 77.0 Å². The summed E-state index contributed by atoms with van der Waals surface area (Å²) >= 11 is 1.33. The third kappa shape index (κ3) is 4.10. The van der Waals surface area contributed by atoms with Crippen LogP contribution in [0, 0.1) is 13.8 Å². The van der Waals surface area contributed by atoms with Crippen LogP contribution in [0.1, 0.15) is 27.0 Å². The van der Waals surface area contributed by atoms with E-state index in [0.29, 0.717) is 23.8 Å². The van der Waals surface area contributed by atoms with Crippen molar-refractivity contribution in [2.75, 3.05) is 16.2 Å². The maximum atomic E-state index is 13.3. The first-order valence-corrected chi connectivity index (χ1v) is 13.2. The SMILES string of the molecule is Cc1ccc(-c2csc(NC(=O)c3cccc(S(=O)(=O)N4CCc5ccccc54)c3)n2)c(C)c1. The van der Waals surface area contributed by atoms with Crippen molar-refractivity contribution < 1.29 is 13.2 Å². The number of thiazole rings is 1. The molecule has 5 rings (SSSR count). The summed E-state index contributed by atoms with van der Waals surface area (Å²) < 4.78 is 28.1. The van der Waals surface area contributed by atoms with Gasteiger partial charge in [0.1, 0.15) is 0 Å². The van der Waals surface area contributed by atoms with Crippen LogP contribution in [-0.2, 0) is 16.4 Å². The molecule has 0 saturated heterocycles. The number of carbonyl (C=O) groups is 1. The number of rotatable bonds is 5. The number of aromatic nitrogens is 1. The van der Waals surface area contributed by atoms with Gasteiger partial charge in [-0.1, -0.05) is 48.0 Å². The predicted molar refractivity (Wildman–Crippen MR) is 136 cm³/mol. The van der Waals surface area contributed by atoms with E-state index in [1.807, 2.05) is 55.6 Å². The van der Waals surface area contributed by atoms with E-state index in [9.17, 15) is 13.2 Å². The number of anilines is 2. The second-order valence-corrected chi connectivity index (χ2v) is 11.0. The molecule has 6 nitrogen and oxygen atoms in total. The highest BCUT2D eigenvalue weighted by atomic mass is 32.2. The molecule has 0 spiro atoms. The van der Waals surface area contributed by atoms with Crippen LogP contribution in [0.4, 0.5) is 10.8 Å². The van der Waals surface area contributed by atoms with E-state index >= 15 is 0 Å². The molecule has 8 heteroatoms. The first-order valence-electron chi connectivity index (χ1n) is 10.9. The molecular weight excluding hydrogens is 466 g/mol. The van der Waals surface area contributed by atoms with Crippen molar-refractivity contribution in [3.63, 3.8) is 0 Å². The van der Waals surface area contributed by atoms with Crippen molar-refractivity contribution in [1.82, 2.24) is 4.98 Å². The fourth-order valence-electron chi connectivity index (χ4n) is 4.21. The smallest absolute Gasteiger partial charge is 0.264 e. The van der Waals surface area contributed by atoms with Crippen molar-refractivity contribution >= 4 is 38.1 Å². The highest BCUT2D eigenvalue weighted by Crippen LogP contribution is 2.33. The lowest BCUT2D eigenvalue weighted by molar-refractivity contribution is 0.102. The van der Waals surface area contributed by atoms with E-state index in [2.05, 4.69) is 16.4 Å². The monoisotopic (exact) mass is 489 g/mol. The molecule has 3 aromatic carbocycles. The van der Waals surface area contributed by atoms with Crippen LogP contribution in [0.25, 0.3) is 11.3 Å². The molecule has 34 heavy (non-hydrogen) atoms. The molecule has 0 aliphatic carbocycles. The maximum absolute atomic E-state index is 13.3. The number of aryl methyl sites for hydroxylation is 2. The Morgan fingerprint density at radius 2 is 1.85 bits per heavy atom. The number of hydrogen-bond donors (Lipinski definition) is 1. The third-order valence-corrected chi connectivity index (χ3v) is 8.48. The van der Waals surface area contributed by atoms with E-state index in [0.717, 1.165) is 22.4 Å². The lowest BCUT2D eigenvalue weighted by Gasteiger charge is -2.19. The fourth-order valence-corrected chi connectivity index (χ4v) is 6.46. The quantitative estimate of drug-likeness (QED) is 0.405. The van der Waals surface area contributed by atoms with E-state index in [1.165, 1.54) is 33.3 Å². The lowest BCUT2D eigenvalue weighted by Crippen LogP contribution is -2.29. The molecule has 4 aromatic rings. The number of hydrogen-bond acceptors (Lipinski definition) is 5. The molecule has 0 unspecified atom stereocenters.